The minimum atomic E-state index is -0.797. The van der Waals surface area contributed by atoms with Gasteiger partial charge in [0, 0.05) is 0 Å². The summed E-state index contributed by atoms with van der Waals surface area (Å²) in [5.41, 5.74) is 1.83. The third-order valence-corrected chi connectivity index (χ3v) is 3.80. The van der Waals surface area contributed by atoms with Gasteiger partial charge < -0.3 is 25.1 Å². The molecule has 2 atom stereocenters. The lowest BCUT2D eigenvalue weighted by molar-refractivity contribution is -0.870. The van der Waals surface area contributed by atoms with E-state index in [1.807, 2.05) is 5.48 Å². The van der Waals surface area contributed by atoms with E-state index in [0.29, 0.717) is 6.42 Å². The van der Waals surface area contributed by atoms with Crippen LogP contribution in [0, 0.1) is 5.92 Å². The lowest BCUT2D eigenvalue weighted by atomic mass is 10.0. The van der Waals surface area contributed by atoms with Crippen molar-refractivity contribution < 1.29 is 24.1 Å². The van der Waals surface area contributed by atoms with Crippen molar-refractivity contribution >= 4 is 25.3 Å². The highest BCUT2D eigenvalue weighted by molar-refractivity contribution is 6.58. The molecule has 8 nitrogen and oxygen atoms in total. The van der Waals surface area contributed by atoms with Crippen molar-refractivity contribution in [1.29, 1.82) is 0 Å². The lowest BCUT2D eigenvalue weighted by Crippen LogP contribution is -2.54. The van der Waals surface area contributed by atoms with Gasteiger partial charge >= 0.3 is 0 Å². The summed E-state index contributed by atoms with van der Waals surface area (Å²) >= 11 is 0. The predicted octanol–water partition coefficient (Wildman–Crippen LogP) is -1.37. The molecule has 0 aromatic carbocycles. The first-order valence-corrected chi connectivity index (χ1v) is 8.75. The third kappa shape index (κ3) is 10.9. The predicted molar refractivity (Wildman–Crippen MR) is 98.8 cm³/mol. The molecule has 0 rings (SSSR count). The monoisotopic (exact) mass is 357 g/mol. The van der Waals surface area contributed by atoms with Crippen LogP contribution in [0.1, 0.15) is 33.1 Å². The zero-order valence-electron chi connectivity index (χ0n) is 16.4. The molecule has 0 bridgehead atoms. The number of hydroxylamine groups is 1. The van der Waals surface area contributed by atoms with Gasteiger partial charge in [0.1, 0.15) is 17.8 Å². The second kappa shape index (κ2) is 11.2. The first-order chi connectivity index (χ1) is 11.5. The van der Waals surface area contributed by atoms with Crippen LogP contribution in [0.5, 0.6) is 0 Å². The Hall–Kier alpha value is -1.45. The molecule has 0 spiro atoms. The summed E-state index contributed by atoms with van der Waals surface area (Å²) < 4.78 is 0.831. The number of unbranched alkanes of at least 4 members (excludes halogenated alkanes) is 1. The van der Waals surface area contributed by atoms with Gasteiger partial charge in [0.15, 0.2) is 7.85 Å². The Labute approximate surface area is 151 Å². The zero-order valence-corrected chi connectivity index (χ0v) is 16.4. The molecule has 0 aliphatic rings. The molecule has 0 aromatic heterocycles. The summed E-state index contributed by atoms with van der Waals surface area (Å²) in [7, 11) is 7.68. The summed E-state index contributed by atoms with van der Waals surface area (Å²) in [5, 5.41) is 14.4. The highest BCUT2D eigenvalue weighted by Crippen LogP contribution is 2.07. The molecule has 0 unspecified atom stereocenters. The maximum atomic E-state index is 12.3. The van der Waals surface area contributed by atoms with Gasteiger partial charge in [-0.3, -0.25) is 9.59 Å². The third-order valence-electron chi connectivity index (χ3n) is 3.80. The summed E-state index contributed by atoms with van der Waals surface area (Å²) in [6.07, 6.45) is 2.17. The van der Waals surface area contributed by atoms with Gasteiger partial charge in [0.25, 0.3) is 0 Å². The molecule has 0 aromatic rings. The van der Waals surface area contributed by atoms with E-state index < -0.39 is 18.0 Å². The van der Waals surface area contributed by atoms with Gasteiger partial charge in [0.2, 0.25) is 11.8 Å². The number of nitrogens with zero attached hydrogens (tertiary/aromatic N) is 1. The normalized spacial score (nSPS) is 14.0. The second-order valence-electron chi connectivity index (χ2n) is 7.84. The lowest BCUT2D eigenvalue weighted by Gasteiger charge is -2.25. The van der Waals surface area contributed by atoms with Crippen molar-refractivity contribution in [1.82, 2.24) is 16.1 Å². The van der Waals surface area contributed by atoms with Gasteiger partial charge in [-0.2, -0.15) is 5.48 Å². The summed E-state index contributed by atoms with van der Waals surface area (Å²) in [4.78, 5) is 35.6. The standard InChI is InChI=1S/C16H33BN4O4/c1-11(2)14(20-25)16(24)19-12(15(23)18-10-13(17)22)8-6-7-9-21(3,4)5/h11-12,14,20,25H,6-10,17H2,1-5H3,(H-,18,19,23,24)/p+1/t12-,14-/m0/s1. The van der Waals surface area contributed by atoms with Crippen molar-refractivity contribution in [2.75, 3.05) is 34.2 Å². The van der Waals surface area contributed by atoms with E-state index in [9.17, 15) is 14.4 Å². The first-order valence-electron chi connectivity index (χ1n) is 8.75. The van der Waals surface area contributed by atoms with Crippen molar-refractivity contribution in [3.8, 4) is 0 Å². The molecule has 0 saturated heterocycles. The number of carbonyl (C=O) groups excluding carboxylic acids is 3. The number of nitrogens with one attached hydrogen (secondary N) is 3. The quantitative estimate of drug-likeness (QED) is 0.149. The van der Waals surface area contributed by atoms with Gasteiger partial charge in [-0.1, -0.05) is 13.8 Å². The summed E-state index contributed by atoms with van der Waals surface area (Å²) in [5.74, 6) is -0.953. The average molecular weight is 357 g/mol. The van der Waals surface area contributed by atoms with Crippen molar-refractivity contribution in [3.63, 3.8) is 0 Å². The minimum Gasteiger partial charge on any atom is -0.348 e. The van der Waals surface area contributed by atoms with Crippen LogP contribution in [0.2, 0.25) is 0 Å². The topological polar surface area (TPSA) is 108 Å². The number of carbonyl (C=O) groups is 3. The van der Waals surface area contributed by atoms with Crippen molar-refractivity contribution in [2.24, 2.45) is 5.92 Å². The molecule has 25 heavy (non-hydrogen) atoms. The van der Waals surface area contributed by atoms with E-state index in [1.54, 1.807) is 13.8 Å². The Morgan fingerprint density at radius 1 is 1.08 bits per heavy atom. The number of amides is 2. The molecule has 0 radical (unpaired) electrons. The largest absolute Gasteiger partial charge is 0.348 e. The van der Waals surface area contributed by atoms with Crippen molar-refractivity contribution in [3.05, 3.63) is 0 Å². The number of hydrogen-bond donors (Lipinski definition) is 4. The molecular weight excluding hydrogens is 323 g/mol. The molecule has 9 heteroatoms. The fourth-order valence-corrected chi connectivity index (χ4v) is 2.31. The number of quaternary nitrogens is 1. The fourth-order valence-electron chi connectivity index (χ4n) is 2.31. The van der Waals surface area contributed by atoms with Crippen LogP contribution in [0.25, 0.3) is 0 Å². The van der Waals surface area contributed by atoms with Gasteiger partial charge in [-0.05, 0) is 25.2 Å². The molecule has 0 aliphatic heterocycles. The van der Waals surface area contributed by atoms with Crippen LogP contribution in [0.3, 0.4) is 0 Å². The maximum absolute atomic E-state index is 12.3. The molecule has 144 valence electrons. The van der Waals surface area contributed by atoms with Crippen LogP contribution in [-0.2, 0) is 14.4 Å². The molecular formula is C16H34BN4O4+. The highest BCUT2D eigenvalue weighted by atomic mass is 16.5. The SMILES string of the molecule is BC(=O)CNC(=O)[C@H](CCCC[N+](C)(C)C)NC(=O)[C@@H](NO)C(C)C. The molecule has 0 aliphatic carbocycles. The summed E-state index contributed by atoms with van der Waals surface area (Å²) in [6, 6.07) is -1.52. The Kier molecular flexibility index (Phi) is 10.6. The number of rotatable bonds is 12. The van der Waals surface area contributed by atoms with E-state index in [1.165, 1.54) is 7.85 Å². The van der Waals surface area contributed by atoms with Gasteiger partial charge in [-0.25, -0.2) is 0 Å². The van der Waals surface area contributed by atoms with Crippen LogP contribution in [0.15, 0.2) is 0 Å². The van der Waals surface area contributed by atoms with Crippen LogP contribution in [0.4, 0.5) is 0 Å². The number of hydrogen-bond acceptors (Lipinski definition) is 5. The second-order valence-corrected chi connectivity index (χ2v) is 7.84. The molecule has 0 fully saturated rings. The van der Waals surface area contributed by atoms with E-state index in [-0.39, 0.29) is 24.1 Å². The smallest absolute Gasteiger partial charge is 0.242 e. The zero-order chi connectivity index (χ0) is 19.6. The molecule has 0 saturated carbocycles. The van der Waals surface area contributed by atoms with E-state index >= 15 is 0 Å². The van der Waals surface area contributed by atoms with Gasteiger partial charge in [-0.15, -0.1) is 0 Å². The minimum absolute atomic E-state index is 0.0596. The van der Waals surface area contributed by atoms with Crippen LogP contribution in [-0.4, -0.2) is 81.3 Å². The van der Waals surface area contributed by atoms with Crippen molar-refractivity contribution in [2.45, 2.75) is 45.2 Å². The molecule has 4 N–H and O–H groups in total. The Morgan fingerprint density at radius 2 is 1.68 bits per heavy atom. The Balaban J connectivity index is 4.79. The molecule has 2 amide bonds. The fraction of sp³-hybridized carbons (Fsp3) is 0.812. The Bertz CT molecular complexity index is 452. The van der Waals surface area contributed by atoms with E-state index in [4.69, 9.17) is 5.21 Å². The maximum Gasteiger partial charge on any atom is 0.242 e. The van der Waals surface area contributed by atoms with Gasteiger partial charge in [0.05, 0.1) is 34.2 Å². The average Bonchev–Trinajstić information content (AvgIpc) is 2.47. The van der Waals surface area contributed by atoms with Crippen LogP contribution >= 0.6 is 0 Å². The summed E-state index contributed by atoms with van der Waals surface area (Å²) in [6.45, 7) is 4.48. The van der Waals surface area contributed by atoms with E-state index in [0.717, 1.165) is 23.9 Å². The van der Waals surface area contributed by atoms with E-state index in [2.05, 4.69) is 31.8 Å². The van der Waals surface area contributed by atoms with Crippen LogP contribution < -0.4 is 16.1 Å². The molecule has 0 heterocycles. The highest BCUT2D eigenvalue weighted by Gasteiger charge is 2.27. The Morgan fingerprint density at radius 3 is 2.12 bits per heavy atom. The first kappa shape index (κ1) is 23.6.